The van der Waals surface area contributed by atoms with Crippen molar-refractivity contribution in [2.24, 2.45) is 5.73 Å². The fourth-order valence-electron chi connectivity index (χ4n) is 3.06. The maximum atomic E-state index is 14.4. The van der Waals surface area contributed by atoms with Crippen molar-refractivity contribution in [2.45, 2.75) is 25.6 Å². The number of benzene rings is 1. The van der Waals surface area contributed by atoms with Gasteiger partial charge in [0.15, 0.2) is 12.0 Å². The molecule has 2 aromatic heterocycles. The lowest BCUT2D eigenvalue weighted by Gasteiger charge is -2.17. The summed E-state index contributed by atoms with van der Waals surface area (Å²) in [6.07, 6.45) is 2.01. The predicted molar refractivity (Wildman–Crippen MR) is 117 cm³/mol. The first-order chi connectivity index (χ1) is 15.7. The highest BCUT2D eigenvalue weighted by atomic mass is 35.5. The molecule has 0 radical (unpaired) electrons. The topological polar surface area (TPSA) is 129 Å². The summed E-state index contributed by atoms with van der Waals surface area (Å²) in [6.45, 7) is -1.02. The number of hydrogen-bond acceptors (Lipinski definition) is 6. The molecule has 1 aromatic carbocycles. The number of anilines is 1. The third kappa shape index (κ3) is 5.82. The summed E-state index contributed by atoms with van der Waals surface area (Å²) >= 11 is 6.00. The van der Waals surface area contributed by atoms with E-state index in [9.17, 15) is 23.6 Å². The molecular weight excluding hydrogens is 458 g/mol. The van der Waals surface area contributed by atoms with Crippen molar-refractivity contribution < 1.29 is 18.3 Å². The molecule has 3 rings (SSSR count). The van der Waals surface area contributed by atoms with Gasteiger partial charge in [-0.3, -0.25) is 14.2 Å². The number of nitrogens with one attached hydrogen (secondary N) is 2. The molecule has 0 fully saturated rings. The van der Waals surface area contributed by atoms with Gasteiger partial charge < -0.3 is 21.6 Å². The first-order valence-electron chi connectivity index (χ1n) is 9.82. The van der Waals surface area contributed by atoms with E-state index in [4.69, 9.17) is 17.3 Å². The minimum atomic E-state index is -3.59. The van der Waals surface area contributed by atoms with Crippen molar-refractivity contribution in [1.82, 2.24) is 14.9 Å². The van der Waals surface area contributed by atoms with Gasteiger partial charge in [0.1, 0.15) is 11.7 Å². The maximum absolute atomic E-state index is 14.4. The number of pyridine rings is 1. The van der Waals surface area contributed by atoms with Crippen LogP contribution in [0.5, 0.6) is 0 Å². The number of nitrogens with two attached hydrogens (primary N) is 1. The Morgan fingerprint density at radius 3 is 2.61 bits per heavy atom. The van der Waals surface area contributed by atoms with Crippen LogP contribution in [0.3, 0.4) is 0 Å². The predicted octanol–water partition coefficient (Wildman–Crippen LogP) is 1.51. The van der Waals surface area contributed by atoms with Crippen molar-refractivity contribution in [2.75, 3.05) is 11.9 Å². The minimum absolute atomic E-state index is 0.0441. The van der Waals surface area contributed by atoms with E-state index in [0.29, 0.717) is 6.54 Å². The smallest absolute Gasteiger partial charge is 0.347 e. The molecule has 4 N–H and O–H groups in total. The molecule has 1 amide bonds. The molecule has 0 aliphatic carbocycles. The van der Waals surface area contributed by atoms with E-state index in [-0.39, 0.29) is 16.4 Å². The first-order valence-corrected chi connectivity index (χ1v) is 10.2. The van der Waals surface area contributed by atoms with Gasteiger partial charge in [0.25, 0.3) is 11.3 Å². The first kappa shape index (κ1) is 24.1. The zero-order valence-electron chi connectivity index (χ0n) is 17.3. The van der Waals surface area contributed by atoms with Crippen LogP contribution >= 0.6 is 11.6 Å². The Morgan fingerprint density at radius 2 is 1.91 bits per heavy atom. The zero-order chi connectivity index (χ0) is 24.0. The number of carbonyl (C=O) groups is 1. The summed E-state index contributed by atoms with van der Waals surface area (Å²) in [4.78, 5) is 28.8. The molecule has 0 unspecified atom stereocenters. The van der Waals surface area contributed by atoms with Gasteiger partial charge in [0.2, 0.25) is 5.91 Å². The quantitative estimate of drug-likeness (QED) is 0.316. The van der Waals surface area contributed by atoms with Gasteiger partial charge in [-0.25, -0.2) is 4.98 Å². The lowest BCUT2D eigenvalue weighted by molar-refractivity contribution is -0.624. The Hall–Kier alpha value is -3.57. The van der Waals surface area contributed by atoms with Crippen LogP contribution in [0.25, 0.3) is 0 Å². The number of alkyl halides is 2. The van der Waals surface area contributed by atoms with Gasteiger partial charge >= 0.3 is 5.92 Å². The molecule has 0 aliphatic rings. The van der Waals surface area contributed by atoms with Gasteiger partial charge in [-0.2, -0.15) is 13.5 Å². The van der Waals surface area contributed by atoms with Crippen molar-refractivity contribution in [3.63, 3.8) is 0 Å². The zero-order valence-corrected chi connectivity index (χ0v) is 18.1. The minimum Gasteiger partial charge on any atom is -0.618 e. The fraction of sp³-hybridized carbons (Fsp3) is 0.238. The second kappa shape index (κ2) is 10.4. The maximum Gasteiger partial charge on any atom is 0.347 e. The molecular formula is C21H21ClF2N6O3. The van der Waals surface area contributed by atoms with Gasteiger partial charge in [-0.1, -0.05) is 35.9 Å². The average Bonchev–Trinajstić information content (AvgIpc) is 2.80. The Labute approximate surface area is 192 Å². The van der Waals surface area contributed by atoms with Gasteiger partial charge in [-0.05, 0) is 17.2 Å². The second-order valence-corrected chi connectivity index (χ2v) is 7.43. The third-order valence-corrected chi connectivity index (χ3v) is 5.10. The van der Waals surface area contributed by atoms with Crippen LogP contribution in [0.2, 0.25) is 5.15 Å². The monoisotopic (exact) mass is 478 g/mol. The Bertz CT molecular complexity index is 1200. The number of halogens is 3. The van der Waals surface area contributed by atoms with E-state index >= 15 is 0 Å². The van der Waals surface area contributed by atoms with Crippen LogP contribution in [-0.4, -0.2) is 22.0 Å². The Kier molecular flexibility index (Phi) is 7.56. The number of carbonyl (C=O) groups excluding carboxylic acids is 1. The molecule has 0 bridgehead atoms. The lowest BCUT2D eigenvalue weighted by atomic mass is 10.1. The van der Waals surface area contributed by atoms with Crippen molar-refractivity contribution in [3.8, 4) is 0 Å². The molecule has 2 heterocycles. The van der Waals surface area contributed by atoms with Crippen LogP contribution in [0.1, 0.15) is 16.8 Å². The fourth-order valence-corrected chi connectivity index (χ4v) is 3.24. The summed E-state index contributed by atoms with van der Waals surface area (Å²) in [5.41, 5.74) is 5.71. The average molecular weight is 479 g/mol. The van der Waals surface area contributed by atoms with E-state index in [2.05, 4.69) is 15.6 Å². The van der Waals surface area contributed by atoms with Crippen LogP contribution in [-0.2, 0) is 30.4 Å². The number of rotatable bonds is 9. The molecule has 174 valence electrons. The highest BCUT2D eigenvalue weighted by molar-refractivity contribution is 6.29. The number of aromatic nitrogens is 3. The van der Waals surface area contributed by atoms with E-state index < -0.39 is 42.0 Å². The lowest BCUT2D eigenvalue weighted by Crippen LogP contribution is -2.41. The van der Waals surface area contributed by atoms with E-state index in [1.807, 2.05) is 24.3 Å². The standard InChI is InChI=1S/C21H21ClF2N6O3/c22-17-11-27-19(28-13-21(23,24)16-7-3-4-8-30(16)33)20(32)29(17)12-18(31)26-10-15-6-2-1-5-14(15)9-25/h1-8,11H,9-10,12-13,25H2,(H,26,31)(H,27,28). The number of amides is 1. The van der Waals surface area contributed by atoms with Crippen LogP contribution in [0.15, 0.2) is 59.7 Å². The van der Waals surface area contributed by atoms with Crippen LogP contribution in [0, 0.1) is 5.21 Å². The molecule has 0 spiro atoms. The van der Waals surface area contributed by atoms with E-state index in [0.717, 1.165) is 34.2 Å². The van der Waals surface area contributed by atoms with Crippen molar-refractivity contribution in [1.29, 1.82) is 0 Å². The number of nitrogens with zero attached hydrogens (tertiary/aromatic N) is 3. The summed E-state index contributed by atoms with van der Waals surface area (Å²) in [6, 6.07) is 10.9. The molecule has 0 aliphatic heterocycles. The highest BCUT2D eigenvalue weighted by Crippen LogP contribution is 2.25. The molecule has 9 nitrogen and oxygen atoms in total. The van der Waals surface area contributed by atoms with E-state index in [1.54, 1.807) is 0 Å². The summed E-state index contributed by atoms with van der Waals surface area (Å²) in [7, 11) is 0. The summed E-state index contributed by atoms with van der Waals surface area (Å²) in [5.74, 6) is -4.55. The van der Waals surface area contributed by atoms with E-state index in [1.165, 1.54) is 12.1 Å². The highest BCUT2D eigenvalue weighted by Gasteiger charge is 2.39. The number of hydrogen-bond donors (Lipinski definition) is 3. The largest absolute Gasteiger partial charge is 0.618 e. The molecule has 0 saturated carbocycles. The Balaban J connectivity index is 1.70. The normalized spacial score (nSPS) is 11.3. The SMILES string of the molecule is NCc1ccccc1CNC(=O)Cn1c(Cl)cnc(NCC(F)(F)c2cccc[n+]2[O-])c1=O. The second-order valence-electron chi connectivity index (χ2n) is 7.04. The summed E-state index contributed by atoms with van der Waals surface area (Å²) in [5, 5.41) is 16.4. The molecule has 12 heteroatoms. The Morgan fingerprint density at radius 1 is 1.21 bits per heavy atom. The van der Waals surface area contributed by atoms with Gasteiger partial charge in [0, 0.05) is 25.2 Å². The molecule has 3 aromatic rings. The van der Waals surface area contributed by atoms with Gasteiger partial charge in [-0.15, -0.1) is 0 Å². The molecule has 0 atom stereocenters. The molecule has 33 heavy (non-hydrogen) atoms. The van der Waals surface area contributed by atoms with Crippen LogP contribution < -0.4 is 26.7 Å². The summed E-state index contributed by atoms with van der Waals surface area (Å²) < 4.78 is 29.8. The third-order valence-electron chi connectivity index (χ3n) is 4.80. The van der Waals surface area contributed by atoms with Crippen molar-refractivity contribution in [3.05, 3.63) is 92.4 Å². The van der Waals surface area contributed by atoms with Gasteiger partial charge in [0.05, 0.1) is 12.7 Å². The van der Waals surface area contributed by atoms with Crippen molar-refractivity contribution >= 4 is 23.3 Å². The van der Waals surface area contributed by atoms with Crippen LogP contribution in [0.4, 0.5) is 14.6 Å². The molecule has 0 saturated heterocycles.